The van der Waals surface area contributed by atoms with Crippen LogP contribution in [0.3, 0.4) is 0 Å². The summed E-state index contributed by atoms with van der Waals surface area (Å²) < 4.78 is 0. The normalized spacial score (nSPS) is 9.67. The van der Waals surface area contributed by atoms with Crippen molar-refractivity contribution in [2.45, 2.75) is 34.2 Å². The summed E-state index contributed by atoms with van der Waals surface area (Å²) in [4.78, 5) is 0. The van der Waals surface area contributed by atoms with E-state index >= 15 is 0 Å². The molecule has 0 aliphatic carbocycles. The second-order valence-electron chi connectivity index (χ2n) is 8.21. The minimum Gasteiger partial charge on any atom is -0.165 e. The molecule has 0 nitrogen and oxygen atoms in total. The summed E-state index contributed by atoms with van der Waals surface area (Å²) in [6.45, 7) is 10.9. The third-order valence-corrected chi connectivity index (χ3v) is 7.98. The molecule has 4 heteroatoms. The Balaban J connectivity index is 0.000000242. The molecule has 0 unspecified atom stereocenters. The summed E-state index contributed by atoms with van der Waals surface area (Å²) >= 11 is 2.31. The van der Waals surface area contributed by atoms with Gasteiger partial charge in [0.2, 0.25) is 0 Å². The molecule has 33 heavy (non-hydrogen) atoms. The van der Waals surface area contributed by atoms with Crippen molar-refractivity contribution < 1.29 is 19.2 Å². The summed E-state index contributed by atoms with van der Waals surface area (Å²) in [6.07, 6.45) is -0.212. The maximum absolute atomic E-state index is 2.31. The van der Waals surface area contributed by atoms with Crippen LogP contribution in [-0.2, 0) is 19.2 Å². The van der Waals surface area contributed by atoms with Crippen molar-refractivity contribution in [3.8, 4) is 0 Å². The van der Waals surface area contributed by atoms with Gasteiger partial charge in [-0.05, 0) is 13.8 Å². The van der Waals surface area contributed by atoms with Crippen LogP contribution in [0, 0.1) is 27.7 Å². The summed E-state index contributed by atoms with van der Waals surface area (Å²) in [5.41, 5.74) is 5.45. The summed E-state index contributed by atoms with van der Waals surface area (Å²) in [6, 6.07) is 32.5. The van der Waals surface area contributed by atoms with Crippen molar-refractivity contribution in [3.05, 3.63) is 113 Å². The average Bonchev–Trinajstić information content (AvgIpc) is 3.33. The molecular formula is C29H32Cl2SiTi. The Labute approximate surface area is 223 Å². The van der Waals surface area contributed by atoms with Gasteiger partial charge in [0.25, 0.3) is 0 Å². The average molecular weight is 527 g/mol. The predicted octanol–water partition coefficient (Wildman–Crippen LogP) is 8.26. The van der Waals surface area contributed by atoms with E-state index in [0.717, 1.165) is 0 Å². The quantitative estimate of drug-likeness (QED) is 0.152. The first-order valence-corrected chi connectivity index (χ1v) is 15.1. The molecule has 0 bridgehead atoms. The minimum atomic E-state index is -0.212. The predicted molar refractivity (Wildman–Crippen MR) is 150 cm³/mol. The molecule has 0 atom stereocenters. The van der Waals surface area contributed by atoms with Crippen molar-refractivity contribution in [3.63, 3.8) is 0 Å². The molecule has 0 amide bonds. The number of benzene rings is 3. The number of halogens is 2. The Bertz CT molecular complexity index is 1220. The van der Waals surface area contributed by atoms with Crippen molar-refractivity contribution in [1.29, 1.82) is 0 Å². The van der Waals surface area contributed by atoms with Gasteiger partial charge in [-0.2, -0.15) is 12.1 Å². The van der Waals surface area contributed by atoms with E-state index in [1.807, 2.05) is 0 Å². The van der Waals surface area contributed by atoms with Crippen molar-refractivity contribution in [1.82, 2.24) is 0 Å². The van der Waals surface area contributed by atoms with Crippen molar-refractivity contribution in [2.75, 3.05) is 0 Å². The molecular weight excluding hydrogens is 495 g/mol. The fourth-order valence-corrected chi connectivity index (χ4v) is 5.24. The number of hydrogen-bond donors (Lipinski definition) is 0. The van der Waals surface area contributed by atoms with Crippen molar-refractivity contribution in [2.24, 2.45) is 0 Å². The zero-order valence-electron chi connectivity index (χ0n) is 20.0. The maximum Gasteiger partial charge on any atom is -0.0488 e. The van der Waals surface area contributed by atoms with Crippen LogP contribution in [-0.4, -0.2) is 6.19 Å². The van der Waals surface area contributed by atoms with Gasteiger partial charge in [0.1, 0.15) is 0 Å². The maximum atomic E-state index is 2.31. The van der Waals surface area contributed by atoms with E-state index in [1.165, 1.54) is 49.0 Å². The second-order valence-corrected chi connectivity index (χ2v) is 13.6. The number of aryl methyl sites for hydroxylation is 4. The first-order chi connectivity index (χ1) is 14.8. The van der Waals surface area contributed by atoms with Gasteiger partial charge in [0.15, 0.2) is 0 Å². The summed E-state index contributed by atoms with van der Waals surface area (Å²) in [7, 11) is 0. The number of rotatable bonds is 1. The Morgan fingerprint density at radius 2 is 1.03 bits per heavy atom. The third-order valence-electron chi connectivity index (χ3n) is 5.43. The Morgan fingerprint density at radius 1 is 0.606 bits per heavy atom. The monoisotopic (exact) mass is 526 g/mol. The molecule has 5 aromatic rings. The molecule has 0 fully saturated rings. The minimum absolute atomic E-state index is 0. The van der Waals surface area contributed by atoms with Gasteiger partial charge in [0.05, 0.1) is 0 Å². The molecule has 0 aliphatic rings. The molecule has 170 valence electrons. The van der Waals surface area contributed by atoms with Crippen molar-refractivity contribution >= 4 is 57.7 Å². The van der Waals surface area contributed by atoms with Gasteiger partial charge in [-0.1, -0.05) is 37.1 Å². The number of fused-ring (bicyclic) bond motifs is 2. The van der Waals surface area contributed by atoms with E-state index in [-0.39, 0.29) is 31.0 Å². The van der Waals surface area contributed by atoms with Gasteiger partial charge in [0, 0.05) is 0 Å². The molecule has 0 spiro atoms. The van der Waals surface area contributed by atoms with Crippen LogP contribution in [0.15, 0.2) is 91.0 Å². The summed E-state index contributed by atoms with van der Waals surface area (Å²) in [5.74, 6) is 0. The first-order valence-electron chi connectivity index (χ1n) is 10.7. The summed E-state index contributed by atoms with van der Waals surface area (Å²) in [5, 5.41) is 7.03. The van der Waals surface area contributed by atoms with E-state index in [0.29, 0.717) is 0 Å². The Kier molecular flexibility index (Phi) is 12.4. The SMILES string of the molecule is C[Si](=[Ti+2])c1ccccc1.Cc1cc2c(C)cccc2[cH-]1.Cc1cc2c(C)cccc2[cH-]1.Cl.Cl. The van der Waals surface area contributed by atoms with E-state index in [2.05, 4.69) is 144 Å². The van der Waals surface area contributed by atoms with E-state index in [9.17, 15) is 0 Å². The van der Waals surface area contributed by atoms with Gasteiger partial charge in [-0.15, -0.1) is 93.9 Å². The fourth-order valence-electron chi connectivity index (χ4n) is 3.77. The van der Waals surface area contributed by atoms with E-state index < -0.39 is 0 Å². The molecule has 0 heterocycles. The van der Waals surface area contributed by atoms with Crippen LogP contribution in [0.2, 0.25) is 6.55 Å². The largest absolute Gasteiger partial charge is 0.165 e. The third kappa shape index (κ3) is 8.28. The molecule has 0 saturated carbocycles. The van der Waals surface area contributed by atoms with Gasteiger partial charge in [-0.25, -0.2) is 0 Å². The Morgan fingerprint density at radius 3 is 1.36 bits per heavy atom. The molecule has 0 radical (unpaired) electrons. The van der Waals surface area contributed by atoms with E-state index in [1.54, 1.807) is 0 Å². The molecule has 5 rings (SSSR count). The second kappa shape index (κ2) is 13.9. The number of hydrogen-bond acceptors (Lipinski definition) is 0. The van der Waals surface area contributed by atoms with E-state index in [4.69, 9.17) is 0 Å². The standard InChI is InChI=1S/2C11H11.C7H8Si.2ClH.Ti/c2*1-8-6-10-5-3-4-9(2)11(10)7-8;1-8-7-5-3-2-4-6-7;;;/h2*3-7H,1-2H3;2-6H,1H3;2*1H;/q2*-1;;;;+2. The smallest absolute Gasteiger partial charge is 0.0488 e. The van der Waals surface area contributed by atoms with Crippen LogP contribution in [0.4, 0.5) is 0 Å². The molecule has 0 N–H and O–H groups in total. The van der Waals surface area contributed by atoms with Crippen LogP contribution < -0.4 is 5.19 Å². The van der Waals surface area contributed by atoms with Gasteiger partial charge >= 0.3 is 67.4 Å². The van der Waals surface area contributed by atoms with Gasteiger partial charge in [-0.3, -0.25) is 0 Å². The fraction of sp³-hybridized carbons (Fsp3) is 0.172. The van der Waals surface area contributed by atoms with Gasteiger partial charge < -0.3 is 0 Å². The molecule has 5 aromatic carbocycles. The van der Waals surface area contributed by atoms with Crippen LogP contribution in [0.1, 0.15) is 22.3 Å². The molecule has 0 aliphatic heterocycles. The Hall–Kier alpha value is -1.61. The van der Waals surface area contributed by atoms with Crippen LogP contribution >= 0.6 is 24.8 Å². The van der Waals surface area contributed by atoms with Crippen LogP contribution in [0.5, 0.6) is 0 Å². The van der Waals surface area contributed by atoms with Crippen LogP contribution in [0.25, 0.3) is 21.5 Å². The molecule has 0 aromatic heterocycles. The zero-order chi connectivity index (χ0) is 22.4. The first kappa shape index (κ1) is 29.4. The zero-order valence-corrected chi connectivity index (χ0v) is 24.2. The topological polar surface area (TPSA) is 0 Å². The molecule has 0 saturated heterocycles.